The summed E-state index contributed by atoms with van der Waals surface area (Å²) in [6.45, 7) is 0. The fourth-order valence-electron chi connectivity index (χ4n) is 1.32. The number of halogens is 2. The zero-order valence-electron chi connectivity index (χ0n) is 8.71. The first-order valence-corrected chi connectivity index (χ1v) is 5.93. The van der Waals surface area contributed by atoms with Crippen molar-refractivity contribution >= 4 is 14.0 Å². The van der Waals surface area contributed by atoms with E-state index in [0.717, 1.165) is 12.1 Å². The maximum atomic E-state index is 13.5. The maximum Gasteiger partial charge on any atom is 0.539 e. The summed E-state index contributed by atoms with van der Waals surface area (Å²) in [4.78, 5) is 0. The summed E-state index contributed by atoms with van der Waals surface area (Å²) in [5.41, 5.74) is 0. The highest BCUT2D eigenvalue weighted by atomic mass is 28.4. The largest absolute Gasteiger partial charge is 0.539 e. The van der Waals surface area contributed by atoms with E-state index in [9.17, 15) is 8.78 Å². The first-order valence-electron chi connectivity index (χ1n) is 4.20. The van der Waals surface area contributed by atoms with Gasteiger partial charge in [0.1, 0.15) is 11.6 Å². The lowest BCUT2D eigenvalue weighted by Crippen LogP contribution is -2.56. The van der Waals surface area contributed by atoms with Gasteiger partial charge < -0.3 is 13.3 Å². The van der Waals surface area contributed by atoms with E-state index in [1.165, 1.54) is 27.4 Å². The molecule has 1 aromatic rings. The van der Waals surface area contributed by atoms with Gasteiger partial charge in [-0.05, 0) is 12.1 Å². The monoisotopic (exact) mass is 234 g/mol. The van der Waals surface area contributed by atoms with Gasteiger partial charge >= 0.3 is 8.80 Å². The van der Waals surface area contributed by atoms with Crippen molar-refractivity contribution in [1.29, 1.82) is 0 Å². The van der Waals surface area contributed by atoms with Gasteiger partial charge in [-0.3, -0.25) is 0 Å². The van der Waals surface area contributed by atoms with Crippen LogP contribution >= 0.6 is 0 Å². The van der Waals surface area contributed by atoms with Crippen LogP contribution in [-0.2, 0) is 13.3 Å². The van der Waals surface area contributed by atoms with Crippen molar-refractivity contribution in [1.82, 2.24) is 0 Å². The molecular formula is C9H12F2O3Si. The van der Waals surface area contributed by atoms with Crippen molar-refractivity contribution in [3.63, 3.8) is 0 Å². The fourth-order valence-corrected chi connectivity index (χ4v) is 3.13. The Morgan fingerprint density at radius 2 is 1.53 bits per heavy atom. The van der Waals surface area contributed by atoms with Gasteiger partial charge in [0, 0.05) is 27.4 Å². The first-order chi connectivity index (χ1) is 7.09. The third-order valence-corrected chi connectivity index (χ3v) is 4.74. The zero-order valence-corrected chi connectivity index (χ0v) is 9.71. The van der Waals surface area contributed by atoms with Crippen molar-refractivity contribution < 1.29 is 22.1 Å². The van der Waals surface area contributed by atoms with Crippen LogP contribution in [-0.4, -0.2) is 30.1 Å². The average Bonchev–Trinajstić information content (AvgIpc) is 2.23. The highest BCUT2D eigenvalue weighted by Gasteiger charge is 2.43. The quantitative estimate of drug-likeness (QED) is 0.729. The van der Waals surface area contributed by atoms with Crippen molar-refractivity contribution in [3.05, 3.63) is 29.8 Å². The predicted molar refractivity (Wildman–Crippen MR) is 52.8 cm³/mol. The molecular weight excluding hydrogens is 222 g/mol. The van der Waals surface area contributed by atoms with Crippen LogP contribution in [0, 0.1) is 11.6 Å². The SMILES string of the molecule is CO[Si](OC)(OC)c1ccc(F)cc1F. The van der Waals surface area contributed by atoms with Crippen LogP contribution < -0.4 is 5.19 Å². The highest BCUT2D eigenvalue weighted by Crippen LogP contribution is 2.10. The van der Waals surface area contributed by atoms with Gasteiger partial charge in [0.15, 0.2) is 0 Å². The minimum absolute atomic E-state index is 0.122. The number of hydrogen-bond acceptors (Lipinski definition) is 3. The molecule has 0 heterocycles. The molecule has 0 fully saturated rings. The van der Waals surface area contributed by atoms with E-state index < -0.39 is 20.4 Å². The Balaban J connectivity index is 3.22. The van der Waals surface area contributed by atoms with Gasteiger partial charge in [-0.15, -0.1) is 0 Å². The van der Waals surface area contributed by atoms with Crippen LogP contribution in [0.1, 0.15) is 0 Å². The van der Waals surface area contributed by atoms with Gasteiger partial charge in [-0.25, -0.2) is 8.78 Å². The molecule has 0 aliphatic rings. The molecule has 0 bridgehead atoms. The van der Waals surface area contributed by atoms with E-state index in [-0.39, 0.29) is 5.19 Å². The summed E-state index contributed by atoms with van der Waals surface area (Å²) in [6.07, 6.45) is 0. The smallest absolute Gasteiger partial charge is 0.373 e. The molecule has 0 aromatic heterocycles. The van der Waals surface area contributed by atoms with Crippen LogP contribution in [0.4, 0.5) is 8.78 Å². The van der Waals surface area contributed by atoms with E-state index in [1.54, 1.807) is 0 Å². The molecule has 0 amide bonds. The van der Waals surface area contributed by atoms with Crippen LogP contribution in [0.5, 0.6) is 0 Å². The van der Waals surface area contributed by atoms with Crippen LogP contribution in [0.25, 0.3) is 0 Å². The lowest BCUT2D eigenvalue weighted by Gasteiger charge is -2.24. The minimum atomic E-state index is -3.20. The van der Waals surface area contributed by atoms with E-state index in [0.29, 0.717) is 0 Å². The molecule has 15 heavy (non-hydrogen) atoms. The topological polar surface area (TPSA) is 27.7 Å². The molecule has 6 heteroatoms. The summed E-state index contributed by atoms with van der Waals surface area (Å²) in [5, 5.41) is 0.122. The Kier molecular flexibility index (Phi) is 3.92. The Labute approximate surface area is 87.9 Å². The highest BCUT2D eigenvalue weighted by molar-refractivity contribution is 6.75. The second kappa shape index (κ2) is 4.80. The summed E-state index contributed by atoms with van der Waals surface area (Å²) < 4.78 is 41.4. The van der Waals surface area contributed by atoms with Crippen LogP contribution in [0.2, 0.25) is 0 Å². The van der Waals surface area contributed by atoms with E-state index in [2.05, 4.69) is 0 Å². The second-order valence-electron chi connectivity index (χ2n) is 2.79. The molecule has 0 atom stereocenters. The maximum absolute atomic E-state index is 13.5. The molecule has 0 aliphatic carbocycles. The average molecular weight is 234 g/mol. The first kappa shape index (κ1) is 12.2. The van der Waals surface area contributed by atoms with E-state index in [4.69, 9.17) is 13.3 Å². The Hall–Kier alpha value is -0.823. The Morgan fingerprint density at radius 1 is 1.00 bits per heavy atom. The van der Waals surface area contributed by atoms with E-state index in [1.807, 2.05) is 0 Å². The molecule has 84 valence electrons. The molecule has 0 saturated heterocycles. The molecule has 1 aromatic carbocycles. The lowest BCUT2D eigenvalue weighted by molar-refractivity contribution is 0.139. The number of rotatable bonds is 4. The third-order valence-electron chi connectivity index (χ3n) is 2.07. The zero-order chi connectivity index (χ0) is 11.5. The second-order valence-corrected chi connectivity index (χ2v) is 5.67. The molecule has 1 rings (SSSR count). The summed E-state index contributed by atoms with van der Waals surface area (Å²) in [6, 6.07) is 3.18. The number of hydrogen-bond donors (Lipinski definition) is 0. The molecule has 0 saturated carbocycles. The molecule has 0 spiro atoms. The van der Waals surface area contributed by atoms with Crippen LogP contribution in [0.15, 0.2) is 18.2 Å². The normalized spacial score (nSPS) is 11.8. The van der Waals surface area contributed by atoms with Crippen molar-refractivity contribution in [2.24, 2.45) is 0 Å². The van der Waals surface area contributed by atoms with E-state index >= 15 is 0 Å². The van der Waals surface area contributed by atoms with Gasteiger partial charge in [-0.1, -0.05) is 0 Å². The van der Waals surface area contributed by atoms with Crippen LogP contribution in [0.3, 0.4) is 0 Å². The van der Waals surface area contributed by atoms with Gasteiger partial charge in [-0.2, -0.15) is 0 Å². The Morgan fingerprint density at radius 3 is 1.93 bits per heavy atom. The fraction of sp³-hybridized carbons (Fsp3) is 0.333. The molecule has 0 unspecified atom stereocenters. The van der Waals surface area contributed by atoms with Crippen molar-refractivity contribution in [2.45, 2.75) is 0 Å². The molecule has 0 aliphatic heterocycles. The van der Waals surface area contributed by atoms with Gasteiger partial charge in [0.25, 0.3) is 0 Å². The molecule has 0 N–H and O–H groups in total. The Bertz CT molecular complexity index is 334. The van der Waals surface area contributed by atoms with Crippen molar-refractivity contribution in [2.75, 3.05) is 21.3 Å². The predicted octanol–water partition coefficient (Wildman–Crippen LogP) is 1.05. The lowest BCUT2D eigenvalue weighted by atomic mass is 10.3. The summed E-state index contributed by atoms with van der Waals surface area (Å²) in [5.74, 6) is -1.38. The van der Waals surface area contributed by atoms with Gasteiger partial charge in [0.2, 0.25) is 0 Å². The standard InChI is InChI=1S/C9H12F2O3Si/c1-12-15(13-2,14-3)9-5-4-7(10)6-8(9)11/h4-6H,1-3H3. The third kappa shape index (κ3) is 2.23. The molecule has 3 nitrogen and oxygen atoms in total. The summed E-state index contributed by atoms with van der Waals surface area (Å²) in [7, 11) is 0.887. The number of benzene rings is 1. The summed E-state index contributed by atoms with van der Waals surface area (Å²) >= 11 is 0. The minimum Gasteiger partial charge on any atom is -0.373 e. The van der Waals surface area contributed by atoms with Gasteiger partial charge in [0.05, 0.1) is 5.19 Å². The molecule has 0 radical (unpaired) electrons. The van der Waals surface area contributed by atoms with Crippen molar-refractivity contribution in [3.8, 4) is 0 Å².